The molecule has 0 radical (unpaired) electrons. The van der Waals surface area contributed by atoms with E-state index in [2.05, 4.69) is 25.0 Å². The fourth-order valence-electron chi connectivity index (χ4n) is 2.71. The van der Waals surface area contributed by atoms with E-state index < -0.39 is 0 Å². The first-order valence-electron chi connectivity index (χ1n) is 7.38. The largest absolute Gasteiger partial charge is 0.467 e. The van der Waals surface area contributed by atoms with Crippen LogP contribution in [0.1, 0.15) is 36.4 Å². The summed E-state index contributed by atoms with van der Waals surface area (Å²) in [5, 5.41) is 4.66. The first-order valence-corrected chi connectivity index (χ1v) is 7.38. The molecule has 0 bridgehead atoms. The third-order valence-electron chi connectivity index (χ3n) is 3.77. The van der Waals surface area contributed by atoms with E-state index in [0.29, 0.717) is 19.9 Å². The lowest BCUT2D eigenvalue weighted by molar-refractivity contribution is -0.0170. The predicted octanol–water partition coefficient (Wildman–Crippen LogP) is 2.50. The summed E-state index contributed by atoms with van der Waals surface area (Å²) >= 11 is 0. The number of anilines is 1. The topological polar surface area (TPSA) is 62.3 Å². The Kier molecular flexibility index (Phi) is 3.84. The van der Waals surface area contributed by atoms with Crippen molar-refractivity contribution in [3.05, 3.63) is 40.7 Å². The Morgan fingerprint density at radius 3 is 2.86 bits per heavy atom. The lowest BCUT2D eigenvalue weighted by Crippen LogP contribution is -2.15. The fraction of sp³-hybridized carbons (Fsp3) is 0.438. The van der Waals surface area contributed by atoms with Gasteiger partial charge in [0.1, 0.15) is 5.75 Å². The molecule has 0 saturated heterocycles. The highest BCUT2D eigenvalue weighted by molar-refractivity contribution is 5.53. The number of hydrogen-bond acceptors (Lipinski definition) is 4. The third kappa shape index (κ3) is 2.74. The van der Waals surface area contributed by atoms with Gasteiger partial charge in [0.15, 0.2) is 6.79 Å². The Labute approximate surface area is 124 Å². The monoisotopic (exact) mass is 287 g/mol. The molecule has 1 aromatic heterocycles. The molecule has 0 saturated carbocycles. The van der Waals surface area contributed by atoms with Crippen LogP contribution in [0.3, 0.4) is 0 Å². The number of hydrogen-bond donors (Lipinski definition) is 1. The summed E-state index contributed by atoms with van der Waals surface area (Å²) in [6.07, 6.45) is 1.90. The minimum Gasteiger partial charge on any atom is -0.467 e. The van der Waals surface area contributed by atoms with Gasteiger partial charge in [-0.15, -0.1) is 0 Å². The third-order valence-corrected chi connectivity index (χ3v) is 3.77. The Morgan fingerprint density at radius 1 is 1.24 bits per heavy atom. The van der Waals surface area contributed by atoms with Crippen LogP contribution in [0.5, 0.6) is 5.75 Å². The van der Waals surface area contributed by atoms with Crippen molar-refractivity contribution in [1.29, 1.82) is 0 Å². The van der Waals surface area contributed by atoms with Gasteiger partial charge < -0.3 is 15.2 Å². The van der Waals surface area contributed by atoms with Crippen molar-refractivity contribution in [2.45, 2.75) is 39.8 Å². The zero-order valence-electron chi connectivity index (χ0n) is 12.6. The molecule has 5 nitrogen and oxygen atoms in total. The maximum absolute atomic E-state index is 6.00. The second-order valence-electron chi connectivity index (χ2n) is 5.27. The number of fused-ring (bicyclic) bond motifs is 1. The van der Waals surface area contributed by atoms with Crippen LogP contribution in [0.4, 0.5) is 5.69 Å². The Bertz CT molecular complexity index is 649. The Morgan fingerprint density at radius 2 is 2.10 bits per heavy atom. The van der Waals surface area contributed by atoms with E-state index in [1.165, 1.54) is 5.69 Å². The summed E-state index contributed by atoms with van der Waals surface area (Å²) in [4.78, 5) is 0. The molecular weight excluding hydrogens is 266 g/mol. The minimum absolute atomic E-state index is 0.296. The molecule has 2 aromatic rings. The van der Waals surface area contributed by atoms with Crippen molar-refractivity contribution >= 4 is 5.69 Å². The van der Waals surface area contributed by atoms with E-state index in [1.807, 2.05) is 16.8 Å². The van der Waals surface area contributed by atoms with E-state index in [9.17, 15) is 0 Å². The molecule has 0 unspecified atom stereocenters. The van der Waals surface area contributed by atoms with Gasteiger partial charge >= 0.3 is 0 Å². The summed E-state index contributed by atoms with van der Waals surface area (Å²) < 4.78 is 13.0. The van der Waals surface area contributed by atoms with Crippen molar-refractivity contribution in [2.24, 2.45) is 0 Å². The average Bonchev–Trinajstić information content (AvgIpc) is 2.89. The standard InChI is InChI=1S/C16H21N3O2/c1-3-14-7-15(4-2)19(18-14)8-11-5-13(17)6-12-9-20-10-21-16(11)12/h5-7H,3-4,8-10,17H2,1-2H3. The zero-order chi connectivity index (χ0) is 14.8. The van der Waals surface area contributed by atoms with E-state index in [4.69, 9.17) is 15.2 Å². The fourth-order valence-corrected chi connectivity index (χ4v) is 2.71. The van der Waals surface area contributed by atoms with Crippen LogP contribution < -0.4 is 10.5 Å². The van der Waals surface area contributed by atoms with Crippen LogP contribution in [0.15, 0.2) is 18.2 Å². The van der Waals surface area contributed by atoms with Gasteiger partial charge in [-0.05, 0) is 31.0 Å². The SMILES string of the molecule is CCc1cc(CC)n(Cc2cc(N)cc3c2OCOC3)n1. The second-order valence-corrected chi connectivity index (χ2v) is 5.27. The van der Waals surface area contributed by atoms with Crippen LogP contribution >= 0.6 is 0 Å². The smallest absolute Gasteiger partial charge is 0.189 e. The molecule has 0 amide bonds. The first kappa shape index (κ1) is 13.9. The van der Waals surface area contributed by atoms with Gasteiger partial charge in [0.05, 0.1) is 18.8 Å². The molecule has 1 aliphatic heterocycles. The van der Waals surface area contributed by atoms with Gasteiger partial charge in [0.25, 0.3) is 0 Å². The molecule has 1 aromatic carbocycles. The number of nitrogen functional groups attached to an aromatic ring is 1. The summed E-state index contributed by atoms with van der Waals surface area (Å²) in [6, 6.07) is 6.05. The van der Waals surface area contributed by atoms with Gasteiger partial charge in [0, 0.05) is 22.5 Å². The van der Waals surface area contributed by atoms with Crippen molar-refractivity contribution < 1.29 is 9.47 Å². The number of nitrogens with two attached hydrogens (primary N) is 1. The summed E-state index contributed by atoms with van der Waals surface area (Å²) in [7, 11) is 0. The molecule has 1 aliphatic rings. The van der Waals surface area contributed by atoms with Crippen LogP contribution in [0, 0.1) is 0 Å². The number of benzene rings is 1. The highest BCUT2D eigenvalue weighted by Crippen LogP contribution is 2.31. The summed E-state index contributed by atoms with van der Waals surface area (Å²) in [5.74, 6) is 0.894. The average molecular weight is 287 g/mol. The quantitative estimate of drug-likeness (QED) is 0.878. The first-order chi connectivity index (χ1) is 10.2. The van der Waals surface area contributed by atoms with Gasteiger partial charge in [-0.1, -0.05) is 13.8 Å². The highest BCUT2D eigenvalue weighted by atomic mass is 16.7. The molecule has 0 spiro atoms. The Balaban J connectivity index is 1.98. The van der Waals surface area contributed by atoms with Crippen LogP contribution in [-0.4, -0.2) is 16.6 Å². The highest BCUT2D eigenvalue weighted by Gasteiger charge is 2.17. The number of aromatic nitrogens is 2. The molecule has 5 heteroatoms. The lowest BCUT2D eigenvalue weighted by atomic mass is 10.1. The number of ether oxygens (including phenoxy) is 2. The lowest BCUT2D eigenvalue weighted by Gasteiger charge is -2.21. The van der Waals surface area contributed by atoms with Crippen LogP contribution in [0.2, 0.25) is 0 Å². The maximum Gasteiger partial charge on any atom is 0.189 e. The van der Waals surface area contributed by atoms with E-state index in [0.717, 1.165) is 41.1 Å². The second kappa shape index (κ2) is 5.77. The predicted molar refractivity (Wildman–Crippen MR) is 81.2 cm³/mol. The summed E-state index contributed by atoms with van der Waals surface area (Å²) in [5.41, 5.74) is 11.2. The molecule has 21 heavy (non-hydrogen) atoms. The molecule has 3 rings (SSSR count). The van der Waals surface area contributed by atoms with Crippen molar-refractivity contribution in [2.75, 3.05) is 12.5 Å². The van der Waals surface area contributed by atoms with Crippen molar-refractivity contribution in [3.63, 3.8) is 0 Å². The Hall–Kier alpha value is -2.01. The molecule has 2 heterocycles. The normalized spacial score (nSPS) is 13.8. The summed E-state index contributed by atoms with van der Waals surface area (Å²) in [6.45, 7) is 5.79. The van der Waals surface area contributed by atoms with Gasteiger partial charge in [0.2, 0.25) is 0 Å². The number of nitrogens with zero attached hydrogens (tertiary/aromatic N) is 2. The molecule has 0 aliphatic carbocycles. The number of aryl methyl sites for hydroxylation is 2. The van der Waals surface area contributed by atoms with E-state index in [-0.39, 0.29) is 0 Å². The minimum atomic E-state index is 0.296. The molecule has 0 atom stereocenters. The van der Waals surface area contributed by atoms with Crippen molar-refractivity contribution in [1.82, 2.24) is 9.78 Å². The molecule has 0 fully saturated rings. The van der Waals surface area contributed by atoms with E-state index >= 15 is 0 Å². The van der Waals surface area contributed by atoms with Crippen molar-refractivity contribution in [3.8, 4) is 5.75 Å². The molecular formula is C16H21N3O2. The van der Waals surface area contributed by atoms with Gasteiger partial charge in [-0.2, -0.15) is 5.10 Å². The number of rotatable bonds is 4. The molecule has 2 N–H and O–H groups in total. The maximum atomic E-state index is 6.00. The van der Waals surface area contributed by atoms with E-state index in [1.54, 1.807) is 0 Å². The van der Waals surface area contributed by atoms with Crippen LogP contribution in [-0.2, 0) is 30.7 Å². The van der Waals surface area contributed by atoms with Crippen LogP contribution in [0.25, 0.3) is 0 Å². The van der Waals surface area contributed by atoms with Gasteiger partial charge in [-0.3, -0.25) is 4.68 Å². The van der Waals surface area contributed by atoms with Gasteiger partial charge in [-0.25, -0.2) is 0 Å². The molecule has 112 valence electrons. The zero-order valence-corrected chi connectivity index (χ0v) is 12.6.